The Morgan fingerprint density at radius 1 is 1.11 bits per heavy atom. The number of rotatable bonds is 0. The summed E-state index contributed by atoms with van der Waals surface area (Å²) < 4.78 is 0. The Labute approximate surface area is 55.1 Å². The summed E-state index contributed by atoms with van der Waals surface area (Å²) in [6.07, 6.45) is 11.4. The minimum atomic E-state index is 1.01. The Balaban J connectivity index is 2.72. The quantitative estimate of drug-likeness (QED) is 0.512. The standard InChI is InChI=1S/C8H9N/c1-8-4-2-3-6-9-7-5-8/h2-7,9H,1H2/b4-2-,6-3?,7-5?. The van der Waals surface area contributed by atoms with Gasteiger partial charge in [-0.2, -0.15) is 0 Å². The first-order chi connectivity index (χ1) is 4.39. The number of hydrogen-bond acceptors (Lipinski definition) is 1. The molecule has 0 atom stereocenters. The van der Waals surface area contributed by atoms with Crippen LogP contribution in [0.1, 0.15) is 0 Å². The zero-order valence-electron chi connectivity index (χ0n) is 5.17. The molecule has 0 aromatic rings. The number of allylic oxidation sites excluding steroid dienone is 5. The maximum Gasteiger partial charge on any atom is 0.00102 e. The van der Waals surface area contributed by atoms with E-state index in [1.807, 2.05) is 36.7 Å². The van der Waals surface area contributed by atoms with Crippen LogP contribution in [0.15, 0.2) is 48.9 Å². The summed E-state index contributed by atoms with van der Waals surface area (Å²) in [5.41, 5.74) is 1.01. The van der Waals surface area contributed by atoms with Gasteiger partial charge in [0.15, 0.2) is 0 Å². The van der Waals surface area contributed by atoms with E-state index in [-0.39, 0.29) is 0 Å². The van der Waals surface area contributed by atoms with Gasteiger partial charge in [-0.25, -0.2) is 0 Å². The third-order valence-corrected chi connectivity index (χ3v) is 1.01. The lowest BCUT2D eigenvalue weighted by Gasteiger charge is -1.92. The molecule has 0 unspecified atom stereocenters. The molecular formula is C8H9N. The van der Waals surface area contributed by atoms with Crippen molar-refractivity contribution in [3.8, 4) is 0 Å². The lowest BCUT2D eigenvalue weighted by molar-refractivity contribution is 1.19. The van der Waals surface area contributed by atoms with E-state index in [1.165, 1.54) is 0 Å². The Morgan fingerprint density at radius 3 is 2.89 bits per heavy atom. The highest BCUT2D eigenvalue weighted by Gasteiger charge is 1.78. The average molecular weight is 119 g/mol. The molecule has 1 aliphatic heterocycles. The molecule has 0 saturated heterocycles. The highest BCUT2D eigenvalue weighted by Crippen LogP contribution is 1.95. The van der Waals surface area contributed by atoms with E-state index >= 15 is 0 Å². The Morgan fingerprint density at radius 2 is 2.00 bits per heavy atom. The first-order valence-corrected chi connectivity index (χ1v) is 2.84. The fourth-order valence-electron chi connectivity index (χ4n) is 0.557. The predicted octanol–water partition coefficient (Wildman–Crippen LogP) is 1.73. The van der Waals surface area contributed by atoms with Gasteiger partial charge in [-0.05, 0) is 17.7 Å². The molecule has 1 aliphatic rings. The zero-order valence-corrected chi connectivity index (χ0v) is 5.17. The van der Waals surface area contributed by atoms with Gasteiger partial charge in [0.05, 0.1) is 0 Å². The molecule has 0 aliphatic carbocycles. The molecule has 9 heavy (non-hydrogen) atoms. The smallest absolute Gasteiger partial charge is 0.00102 e. The molecule has 0 spiro atoms. The second-order valence-electron chi connectivity index (χ2n) is 1.79. The van der Waals surface area contributed by atoms with Gasteiger partial charge in [-0.3, -0.25) is 0 Å². The Bertz CT molecular complexity index is 185. The van der Waals surface area contributed by atoms with E-state index in [0.717, 1.165) is 5.57 Å². The van der Waals surface area contributed by atoms with Gasteiger partial charge in [-0.15, -0.1) is 0 Å². The van der Waals surface area contributed by atoms with Crippen LogP contribution >= 0.6 is 0 Å². The van der Waals surface area contributed by atoms with Crippen molar-refractivity contribution in [3.05, 3.63) is 48.9 Å². The summed E-state index contributed by atoms with van der Waals surface area (Å²) >= 11 is 0. The molecule has 0 radical (unpaired) electrons. The van der Waals surface area contributed by atoms with Crippen LogP contribution in [0.25, 0.3) is 0 Å². The minimum absolute atomic E-state index is 1.01. The second kappa shape index (κ2) is 2.92. The van der Waals surface area contributed by atoms with E-state index in [1.54, 1.807) is 0 Å². The highest BCUT2D eigenvalue weighted by molar-refractivity contribution is 5.30. The fraction of sp³-hybridized carbons (Fsp3) is 0. The summed E-state index contributed by atoms with van der Waals surface area (Å²) in [5, 5.41) is 2.94. The lowest BCUT2D eigenvalue weighted by Crippen LogP contribution is -1.91. The normalized spacial score (nSPS) is 20.2. The van der Waals surface area contributed by atoms with E-state index in [4.69, 9.17) is 0 Å². The summed E-state index contributed by atoms with van der Waals surface area (Å²) in [4.78, 5) is 0. The van der Waals surface area contributed by atoms with Gasteiger partial charge in [0.1, 0.15) is 0 Å². The summed E-state index contributed by atoms with van der Waals surface area (Å²) in [6.45, 7) is 3.77. The SMILES string of the molecule is C=C1C=CNC=C/C=C\1. The monoisotopic (exact) mass is 119 g/mol. The van der Waals surface area contributed by atoms with Gasteiger partial charge in [0, 0.05) is 12.4 Å². The lowest BCUT2D eigenvalue weighted by atomic mass is 10.2. The van der Waals surface area contributed by atoms with E-state index in [9.17, 15) is 0 Å². The number of hydrogen-bond donors (Lipinski definition) is 1. The molecule has 0 bridgehead atoms. The molecule has 46 valence electrons. The third-order valence-electron chi connectivity index (χ3n) is 1.01. The van der Waals surface area contributed by atoms with Crippen molar-refractivity contribution in [2.45, 2.75) is 0 Å². The first-order valence-electron chi connectivity index (χ1n) is 2.84. The van der Waals surface area contributed by atoms with Crippen molar-refractivity contribution in [1.82, 2.24) is 5.32 Å². The van der Waals surface area contributed by atoms with Crippen LogP contribution in [0.5, 0.6) is 0 Å². The molecule has 1 N–H and O–H groups in total. The van der Waals surface area contributed by atoms with Gasteiger partial charge >= 0.3 is 0 Å². The predicted molar refractivity (Wildman–Crippen MR) is 39.7 cm³/mol. The fourth-order valence-corrected chi connectivity index (χ4v) is 0.557. The molecular weight excluding hydrogens is 110 g/mol. The Hall–Kier alpha value is -1.24. The van der Waals surface area contributed by atoms with Crippen LogP contribution in [0, 0.1) is 0 Å². The van der Waals surface area contributed by atoms with Crippen molar-refractivity contribution in [2.75, 3.05) is 0 Å². The molecule has 0 aromatic carbocycles. The first kappa shape index (κ1) is 5.89. The maximum atomic E-state index is 3.77. The summed E-state index contributed by atoms with van der Waals surface area (Å²) in [7, 11) is 0. The molecule has 0 saturated carbocycles. The van der Waals surface area contributed by atoms with Crippen LogP contribution in [0.4, 0.5) is 0 Å². The second-order valence-corrected chi connectivity index (χ2v) is 1.79. The topological polar surface area (TPSA) is 12.0 Å². The van der Waals surface area contributed by atoms with Crippen LogP contribution in [-0.2, 0) is 0 Å². The molecule has 1 rings (SSSR count). The van der Waals surface area contributed by atoms with Gasteiger partial charge in [-0.1, -0.05) is 18.7 Å². The maximum absolute atomic E-state index is 3.77. The molecule has 0 aromatic heterocycles. The number of nitrogens with one attached hydrogen (secondary N) is 1. The molecule has 1 heteroatoms. The van der Waals surface area contributed by atoms with Crippen molar-refractivity contribution >= 4 is 0 Å². The summed E-state index contributed by atoms with van der Waals surface area (Å²) in [5.74, 6) is 0. The van der Waals surface area contributed by atoms with Crippen LogP contribution < -0.4 is 5.32 Å². The largest absolute Gasteiger partial charge is 0.368 e. The van der Waals surface area contributed by atoms with Gasteiger partial charge < -0.3 is 5.32 Å². The third kappa shape index (κ3) is 2.00. The van der Waals surface area contributed by atoms with Crippen LogP contribution in [0.3, 0.4) is 0 Å². The van der Waals surface area contributed by atoms with E-state index in [2.05, 4.69) is 11.9 Å². The van der Waals surface area contributed by atoms with Crippen molar-refractivity contribution in [2.24, 2.45) is 0 Å². The zero-order chi connectivity index (χ0) is 6.53. The molecule has 1 heterocycles. The van der Waals surface area contributed by atoms with E-state index in [0.29, 0.717) is 0 Å². The molecule has 0 amide bonds. The van der Waals surface area contributed by atoms with Crippen molar-refractivity contribution in [1.29, 1.82) is 0 Å². The highest BCUT2D eigenvalue weighted by atomic mass is 14.8. The molecule has 0 fully saturated rings. The Kier molecular flexibility index (Phi) is 1.91. The van der Waals surface area contributed by atoms with Gasteiger partial charge in [0.2, 0.25) is 0 Å². The van der Waals surface area contributed by atoms with Crippen molar-refractivity contribution in [3.63, 3.8) is 0 Å². The van der Waals surface area contributed by atoms with E-state index < -0.39 is 0 Å². The van der Waals surface area contributed by atoms with Gasteiger partial charge in [0.25, 0.3) is 0 Å². The minimum Gasteiger partial charge on any atom is -0.368 e. The van der Waals surface area contributed by atoms with Crippen LogP contribution in [-0.4, -0.2) is 0 Å². The summed E-state index contributed by atoms with van der Waals surface area (Å²) in [6, 6.07) is 0. The molecule has 1 nitrogen and oxygen atoms in total. The van der Waals surface area contributed by atoms with Crippen molar-refractivity contribution < 1.29 is 0 Å². The van der Waals surface area contributed by atoms with Crippen LogP contribution in [0.2, 0.25) is 0 Å². The average Bonchev–Trinajstić information content (AvgIpc) is 1.79.